The molecule has 0 aliphatic heterocycles. The van der Waals surface area contributed by atoms with Crippen LogP contribution in [0.4, 0.5) is 5.69 Å². The molecule has 122 valence electrons. The molecule has 0 aliphatic carbocycles. The fourth-order valence-electron chi connectivity index (χ4n) is 2.37. The average molecular weight is 314 g/mol. The normalized spacial score (nSPS) is 10.4. The maximum Gasteiger partial charge on any atom is 0.243 e. The number of hydrogen-bond donors (Lipinski definition) is 1. The number of nitrogens with zero attached hydrogens (tertiary/aromatic N) is 1. The molecule has 0 bridgehead atoms. The molecule has 2 rings (SSSR count). The number of para-hydroxylation sites is 1. The number of amides is 2. The van der Waals surface area contributed by atoms with Crippen LogP contribution in [0.15, 0.2) is 41.0 Å². The minimum atomic E-state index is -0.198. The van der Waals surface area contributed by atoms with Crippen LogP contribution in [-0.2, 0) is 16.0 Å². The van der Waals surface area contributed by atoms with Gasteiger partial charge in [-0.05, 0) is 37.1 Å². The molecule has 5 heteroatoms. The van der Waals surface area contributed by atoms with E-state index in [-0.39, 0.29) is 18.4 Å². The molecule has 0 saturated heterocycles. The monoisotopic (exact) mass is 314 g/mol. The van der Waals surface area contributed by atoms with E-state index in [1.807, 2.05) is 38.1 Å². The van der Waals surface area contributed by atoms with Gasteiger partial charge in [0, 0.05) is 25.6 Å². The summed E-state index contributed by atoms with van der Waals surface area (Å²) >= 11 is 0. The van der Waals surface area contributed by atoms with Gasteiger partial charge in [0.2, 0.25) is 11.8 Å². The zero-order valence-corrected chi connectivity index (χ0v) is 13.8. The molecule has 0 spiro atoms. The van der Waals surface area contributed by atoms with Crippen molar-refractivity contribution in [2.24, 2.45) is 0 Å². The first-order chi connectivity index (χ1) is 11.0. The summed E-state index contributed by atoms with van der Waals surface area (Å²) in [5, 5.41) is 2.88. The molecule has 0 fully saturated rings. The Morgan fingerprint density at radius 1 is 1.13 bits per heavy atom. The lowest BCUT2D eigenvalue weighted by Crippen LogP contribution is -2.35. The van der Waals surface area contributed by atoms with E-state index in [9.17, 15) is 9.59 Å². The molecule has 5 nitrogen and oxygen atoms in total. The minimum Gasteiger partial charge on any atom is -0.469 e. The van der Waals surface area contributed by atoms with Crippen LogP contribution in [0.2, 0.25) is 0 Å². The molecule has 1 aromatic heterocycles. The molecule has 2 aromatic rings. The maximum absolute atomic E-state index is 12.1. The van der Waals surface area contributed by atoms with Gasteiger partial charge in [-0.3, -0.25) is 9.59 Å². The van der Waals surface area contributed by atoms with Crippen molar-refractivity contribution in [3.05, 3.63) is 53.5 Å². The van der Waals surface area contributed by atoms with E-state index >= 15 is 0 Å². The van der Waals surface area contributed by atoms with E-state index in [0.717, 1.165) is 22.6 Å². The Hall–Kier alpha value is -2.56. The second kappa shape index (κ2) is 7.63. The van der Waals surface area contributed by atoms with Gasteiger partial charge in [0.05, 0.1) is 12.8 Å². The van der Waals surface area contributed by atoms with Gasteiger partial charge in [-0.2, -0.15) is 0 Å². The molecule has 2 amide bonds. The van der Waals surface area contributed by atoms with Crippen LogP contribution < -0.4 is 5.32 Å². The lowest BCUT2D eigenvalue weighted by Gasteiger charge is -2.18. The molecule has 0 radical (unpaired) electrons. The molecule has 1 heterocycles. The lowest BCUT2D eigenvalue weighted by molar-refractivity contribution is -0.133. The molecule has 0 unspecified atom stereocenters. The Bertz CT molecular complexity index is 657. The number of anilines is 1. The molecule has 1 N–H and O–H groups in total. The first kappa shape index (κ1) is 16.8. The number of furan rings is 1. The quantitative estimate of drug-likeness (QED) is 0.891. The van der Waals surface area contributed by atoms with Crippen LogP contribution >= 0.6 is 0 Å². The summed E-state index contributed by atoms with van der Waals surface area (Å²) < 4.78 is 5.20. The van der Waals surface area contributed by atoms with Gasteiger partial charge in [-0.15, -0.1) is 0 Å². The Morgan fingerprint density at radius 2 is 1.83 bits per heavy atom. The van der Waals surface area contributed by atoms with Gasteiger partial charge >= 0.3 is 0 Å². The van der Waals surface area contributed by atoms with Gasteiger partial charge in [-0.1, -0.05) is 18.2 Å². The fraction of sp³-hybridized carbons (Fsp3) is 0.333. The van der Waals surface area contributed by atoms with Crippen molar-refractivity contribution in [1.29, 1.82) is 0 Å². The highest BCUT2D eigenvalue weighted by Gasteiger charge is 2.14. The summed E-state index contributed by atoms with van der Waals surface area (Å²) in [6, 6.07) is 9.47. The molecule has 0 saturated carbocycles. The van der Waals surface area contributed by atoms with Crippen molar-refractivity contribution in [1.82, 2.24) is 4.90 Å². The summed E-state index contributed by atoms with van der Waals surface area (Å²) in [4.78, 5) is 25.6. The summed E-state index contributed by atoms with van der Waals surface area (Å²) in [5.41, 5.74) is 2.82. The summed E-state index contributed by atoms with van der Waals surface area (Å²) in [5.74, 6) is 0.487. The van der Waals surface area contributed by atoms with Gasteiger partial charge < -0.3 is 14.6 Å². The van der Waals surface area contributed by atoms with E-state index in [4.69, 9.17) is 4.42 Å². The number of benzene rings is 1. The van der Waals surface area contributed by atoms with Gasteiger partial charge in [0.25, 0.3) is 0 Å². The standard InChI is InChI=1S/C18H22N2O3/c1-13-6-4-7-14(2)18(13)19-16(21)12-20(3)17(22)10-9-15-8-5-11-23-15/h4-8,11H,9-10,12H2,1-3H3,(H,19,21). The third kappa shape index (κ3) is 4.71. The molecule has 1 aromatic carbocycles. The summed E-state index contributed by atoms with van der Waals surface area (Å²) in [7, 11) is 1.63. The van der Waals surface area contributed by atoms with Crippen LogP contribution in [0.1, 0.15) is 23.3 Å². The Morgan fingerprint density at radius 3 is 2.43 bits per heavy atom. The lowest BCUT2D eigenvalue weighted by atomic mass is 10.1. The zero-order chi connectivity index (χ0) is 16.8. The second-order valence-corrected chi connectivity index (χ2v) is 5.64. The number of likely N-dealkylation sites (N-methyl/N-ethyl adjacent to an activating group) is 1. The Labute approximate surface area is 136 Å². The van der Waals surface area contributed by atoms with Crippen LogP contribution in [0.25, 0.3) is 0 Å². The van der Waals surface area contributed by atoms with Crippen LogP contribution in [0, 0.1) is 13.8 Å². The van der Waals surface area contributed by atoms with Crippen LogP contribution in [0.3, 0.4) is 0 Å². The van der Waals surface area contributed by atoms with Crippen LogP contribution in [-0.4, -0.2) is 30.3 Å². The number of aryl methyl sites for hydroxylation is 3. The number of hydrogen-bond acceptors (Lipinski definition) is 3. The van der Waals surface area contributed by atoms with Crippen LogP contribution in [0.5, 0.6) is 0 Å². The van der Waals surface area contributed by atoms with Gasteiger partial charge in [0.15, 0.2) is 0 Å². The predicted molar refractivity (Wildman–Crippen MR) is 89.2 cm³/mol. The van der Waals surface area contributed by atoms with E-state index in [1.54, 1.807) is 19.4 Å². The van der Waals surface area contributed by atoms with E-state index in [2.05, 4.69) is 5.32 Å². The number of nitrogens with one attached hydrogen (secondary N) is 1. The zero-order valence-electron chi connectivity index (χ0n) is 13.8. The van der Waals surface area contributed by atoms with E-state index in [0.29, 0.717) is 12.8 Å². The Balaban J connectivity index is 1.85. The second-order valence-electron chi connectivity index (χ2n) is 5.64. The first-order valence-corrected chi connectivity index (χ1v) is 7.60. The maximum atomic E-state index is 12.1. The summed E-state index contributed by atoms with van der Waals surface area (Å²) in [6.45, 7) is 3.92. The topological polar surface area (TPSA) is 62.6 Å². The summed E-state index contributed by atoms with van der Waals surface area (Å²) in [6.07, 6.45) is 2.44. The number of carbonyl (C=O) groups is 2. The molecule has 0 aliphatic rings. The average Bonchev–Trinajstić information content (AvgIpc) is 3.02. The molecule has 23 heavy (non-hydrogen) atoms. The van der Waals surface area contributed by atoms with E-state index < -0.39 is 0 Å². The van der Waals surface area contributed by atoms with Crippen molar-refractivity contribution in [2.45, 2.75) is 26.7 Å². The fourth-order valence-corrected chi connectivity index (χ4v) is 2.37. The third-order valence-corrected chi connectivity index (χ3v) is 3.72. The number of carbonyl (C=O) groups excluding carboxylic acids is 2. The minimum absolute atomic E-state index is 0.0325. The van der Waals surface area contributed by atoms with Crippen molar-refractivity contribution in [2.75, 3.05) is 18.9 Å². The smallest absolute Gasteiger partial charge is 0.243 e. The Kier molecular flexibility index (Phi) is 5.57. The van der Waals surface area contributed by atoms with Crippen molar-refractivity contribution < 1.29 is 14.0 Å². The molecular formula is C18H22N2O3. The van der Waals surface area contributed by atoms with Crippen molar-refractivity contribution in [3.63, 3.8) is 0 Å². The highest BCUT2D eigenvalue weighted by molar-refractivity contribution is 5.95. The van der Waals surface area contributed by atoms with E-state index in [1.165, 1.54) is 4.90 Å². The highest BCUT2D eigenvalue weighted by Crippen LogP contribution is 2.19. The predicted octanol–water partition coefficient (Wildman–Crippen LogP) is 2.93. The van der Waals surface area contributed by atoms with Gasteiger partial charge in [-0.25, -0.2) is 0 Å². The molecule has 0 atom stereocenters. The highest BCUT2D eigenvalue weighted by atomic mass is 16.3. The largest absolute Gasteiger partial charge is 0.469 e. The molecular weight excluding hydrogens is 292 g/mol. The first-order valence-electron chi connectivity index (χ1n) is 7.60. The number of rotatable bonds is 6. The third-order valence-electron chi connectivity index (χ3n) is 3.72. The SMILES string of the molecule is Cc1cccc(C)c1NC(=O)CN(C)C(=O)CCc1ccco1. The van der Waals surface area contributed by atoms with Crippen molar-refractivity contribution >= 4 is 17.5 Å². The van der Waals surface area contributed by atoms with Gasteiger partial charge in [0.1, 0.15) is 5.76 Å². The van der Waals surface area contributed by atoms with Crippen molar-refractivity contribution in [3.8, 4) is 0 Å².